The summed E-state index contributed by atoms with van der Waals surface area (Å²) < 4.78 is 15.1. The first-order chi connectivity index (χ1) is 17.1. The van der Waals surface area contributed by atoms with Crippen LogP contribution in [0.1, 0.15) is 27.6 Å². The molecule has 2 aromatic heterocycles. The minimum absolute atomic E-state index is 0. The largest absolute Gasteiger partial charge is 0.335 e. The topological polar surface area (TPSA) is 74.6 Å². The first-order valence-electron chi connectivity index (χ1n) is 11.5. The fourth-order valence-electron chi connectivity index (χ4n) is 4.74. The number of benzene rings is 2. The Hall–Kier alpha value is -3.63. The molecule has 6 rings (SSSR count). The number of rotatable bonds is 4. The summed E-state index contributed by atoms with van der Waals surface area (Å²) in [5.41, 5.74) is 3.00. The van der Waals surface area contributed by atoms with Crippen molar-refractivity contribution >= 4 is 34.2 Å². The van der Waals surface area contributed by atoms with Gasteiger partial charge in [-0.25, -0.2) is 14.4 Å². The number of aromatic nitrogens is 3. The second-order valence-electron chi connectivity index (χ2n) is 8.82. The monoisotopic (exact) mass is 506 g/mol. The van der Waals surface area contributed by atoms with E-state index in [1.54, 1.807) is 24.7 Å². The molecule has 2 saturated heterocycles. The van der Waals surface area contributed by atoms with Crippen molar-refractivity contribution in [3.8, 4) is 5.69 Å². The number of carbonyl (C=O) groups is 2. The Kier molecular flexibility index (Phi) is 6.55. The predicted molar refractivity (Wildman–Crippen MR) is 137 cm³/mol. The van der Waals surface area contributed by atoms with Crippen LogP contribution in [0.25, 0.3) is 16.7 Å². The number of piperazine rings is 1. The Balaban J connectivity index is 0.00000267. The smallest absolute Gasteiger partial charge is 0.282 e. The maximum atomic E-state index is 13.3. The van der Waals surface area contributed by atoms with Gasteiger partial charge in [0.2, 0.25) is 0 Å². The molecule has 4 heterocycles. The van der Waals surface area contributed by atoms with Crippen LogP contribution in [0.2, 0.25) is 0 Å². The predicted octanol–water partition coefficient (Wildman–Crippen LogP) is 3.54. The molecule has 0 spiro atoms. The molecule has 2 amide bonds. The molecule has 8 nitrogen and oxygen atoms in total. The number of likely N-dealkylation sites (tertiary alicyclic amines) is 1. The van der Waals surface area contributed by atoms with Crippen molar-refractivity contribution in [2.24, 2.45) is 0 Å². The van der Waals surface area contributed by atoms with Crippen LogP contribution in [0.5, 0.6) is 0 Å². The van der Waals surface area contributed by atoms with Crippen molar-refractivity contribution in [1.29, 1.82) is 0 Å². The summed E-state index contributed by atoms with van der Waals surface area (Å²) in [5, 5.41) is 2.36. The summed E-state index contributed by atoms with van der Waals surface area (Å²) in [7, 11) is 0. The molecule has 0 unspecified atom stereocenters. The van der Waals surface area contributed by atoms with Crippen molar-refractivity contribution in [2.75, 3.05) is 39.3 Å². The number of amides is 2. The SMILES string of the molecule is C.O=C(c1ccc2c(c1)ncn2-c1ccc(F)cc1)N1CC(N2CCN(C(=O)c3nccs3)CC2)C1. The summed E-state index contributed by atoms with van der Waals surface area (Å²) in [6.07, 6.45) is 3.34. The molecule has 36 heavy (non-hydrogen) atoms. The van der Waals surface area contributed by atoms with Crippen LogP contribution in [0.15, 0.2) is 60.4 Å². The van der Waals surface area contributed by atoms with Crippen molar-refractivity contribution < 1.29 is 14.0 Å². The number of imidazole rings is 1. The third kappa shape index (κ3) is 4.38. The molecule has 2 aliphatic rings. The van der Waals surface area contributed by atoms with Gasteiger partial charge in [0.1, 0.15) is 12.1 Å². The van der Waals surface area contributed by atoms with Gasteiger partial charge >= 0.3 is 0 Å². The zero-order chi connectivity index (χ0) is 23.9. The molecule has 2 aliphatic heterocycles. The lowest BCUT2D eigenvalue weighted by Gasteiger charge is -2.48. The fraction of sp³-hybridized carbons (Fsp3) is 0.308. The molecule has 2 aromatic carbocycles. The number of fused-ring (bicyclic) bond motifs is 1. The lowest BCUT2D eigenvalue weighted by molar-refractivity contribution is 0.00854. The zero-order valence-electron chi connectivity index (χ0n) is 18.9. The number of nitrogens with zero attached hydrogens (tertiary/aromatic N) is 6. The highest BCUT2D eigenvalue weighted by Crippen LogP contribution is 2.24. The molecule has 0 N–H and O–H groups in total. The summed E-state index contributed by atoms with van der Waals surface area (Å²) >= 11 is 1.37. The van der Waals surface area contributed by atoms with Crippen molar-refractivity contribution in [2.45, 2.75) is 13.5 Å². The van der Waals surface area contributed by atoms with E-state index in [4.69, 9.17) is 0 Å². The zero-order valence-corrected chi connectivity index (χ0v) is 19.7. The van der Waals surface area contributed by atoms with Gasteiger partial charge in [-0.15, -0.1) is 11.3 Å². The molecule has 0 aliphatic carbocycles. The Morgan fingerprint density at radius 2 is 1.67 bits per heavy atom. The molecule has 0 atom stereocenters. The Morgan fingerprint density at radius 1 is 0.917 bits per heavy atom. The number of thiazole rings is 1. The standard InChI is InChI=1S/C25H23FN6O2S.CH4/c26-18-2-4-19(5-3-18)32-16-28-21-13-17(1-6-22(21)32)24(33)31-14-20(15-31)29-8-10-30(11-9-29)25(34)23-27-7-12-35-23;/h1-7,12-13,16,20H,8-11,14-15H2;1H4. The van der Waals surface area contributed by atoms with Crippen LogP contribution in [0, 0.1) is 5.82 Å². The van der Waals surface area contributed by atoms with Gasteiger partial charge in [0.25, 0.3) is 11.8 Å². The van der Waals surface area contributed by atoms with Crippen LogP contribution < -0.4 is 0 Å². The first kappa shape index (κ1) is 24.1. The average molecular weight is 507 g/mol. The number of hydrogen-bond donors (Lipinski definition) is 0. The van der Waals surface area contributed by atoms with Crippen LogP contribution in [-0.4, -0.2) is 86.4 Å². The van der Waals surface area contributed by atoms with Crippen molar-refractivity contribution in [3.05, 3.63) is 76.8 Å². The van der Waals surface area contributed by atoms with E-state index in [0.717, 1.165) is 29.8 Å². The average Bonchev–Trinajstić information content (AvgIpc) is 3.54. The van der Waals surface area contributed by atoms with Crippen LogP contribution in [0.3, 0.4) is 0 Å². The van der Waals surface area contributed by atoms with Crippen LogP contribution in [-0.2, 0) is 0 Å². The molecule has 186 valence electrons. The van der Waals surface area contributed by atoms with E-state index in [0.29, 0.717) is 42.8 Å². The van der Waals surface area contributed by atoms with E-state index in [2.05, 4.69) is 14.9 Å². The Morgan fingerprint density at radius 3 is 2.36 bits per heavy atom. The normalized spacial score (nSPS) is 16.6. The third-order valence-electron chi connectivity index (χ3n) is 6.78. The molecule has 0 bridgehead atoms. The van der Waals surface area contributed by atoms with Crippen molar-refractivity contribution in [3.63, 3.8) is 0 Å². The van der Waals surface area contributed by atoms with Gasteiger partial charge in [0.05, 0.1) is 11.0 Å². The molecule has 10 heteroatoms. The number of carbonyl (C=O) groups excluding carboxylic acids is 2. The number of halogens is 1. The molecule has 0 radical (unpaired) electrons. The Labute approximate surface area is 212 Å². The third-order valence-corrected chi connectivity index (χ3v) is 7.54. The molecular formula is C26H27FN6O2S. The second-order valence-corrected chi connectivity index (χ2v) is 9.72. The van der Waals surface area contributed by atoms with E-state index in [1.807, 2.05) is 37.9 Å². The molecule has 0 saturated carbocycles. The van der Waals surface area contributed by atoms with Gasteiger partial charge in [0, 0.05) is 68.1 Å². The van der Waals surface area contributed by atoms with Crippen LogP contribution in [0.4, 0.5) is 4.39 Å². The maximum Gasteiger partial charge on any atom is 0.282 e. The Bertz CT molecular complexity index is 1370. The lowest BCUT2D eigenvalue weighted by Crippen LogP contribution is -2.64. The molecule has 2 fully saturated rings. The highest BCUT2D eigenvalue weighted by Gasteiger charge is 2.37. The van der Waals surface area contributed by atoms with E-state index < -0.39 is 0 Å². The van der Waals surface area contributed by atoms with Gasteiger partial charge in [-0.05, 0) is 42.5 Å². The van der Waals surface area contributed by atoms with Crippen molar-refractivity contribution in [1.82, 2.24) is 29.2 Å². The van der Waals surface area contributed by atoms with Gasteiger partial charge in [-0.2, -0.15) is 0 Å². The van der Waals surface area contributed by atoms with Crippen LogP contribution >= 0.6 is 11.3 Å². The van der Waals surface area contributed by atoms with E-state index in [9.17, 15) is 14.0 Å². The number of hydrogen-bond acceptors (Lipinski definition) is 6. The van der Waals surface area contributed by atoms with Gasteiger partial charge < -0.3 is 9.80 Å². The second kappa shape index (κ2) is 9.79. The minimum atomic E-state index is -0.287. The minimum Gasteiger partial charge on any atom is -0.335 e. The molecule has 4 aromatic rings. The summed E-state index contributed by atoms with van der Waals surface area (Å²) in [6.45, 7) is 4.32. The van der Waals surface area contributed by atoms with Gasteiger partial charge in [0.15, 0.2) is 5.01 Å². The van der Waals surface area contributed by atoms with Gasteiger partial charge in [-0.3, -0.25) is 19.1 Å². The summed E-state index contributed by atoms with van der Waals surface area (Å²) in [5.74, 6) is -0.288. The quantitative estimate of drug-likeness (QED) is 0.423. The summed E-state index contributed by atoms with van der Waals surface area (Å²) in [6, 6.07) is 12.1. The van der Waals surface area contributed by atoms with Gasteiger partial charge in [-0.1, -0.05) is 7.43 Å². The van der Waals surface area contributed by atoms with E-state index >= 15 is 0 Å². The lowest BCUT2D eigenvalue weighted by atomic mass is 10.0. The molecular weight excluding hydrogens is 479 g/mol. The highest BCUT2D eigenvalue weighted by molar-refractivity contribution is 7.11. The fourth-order valence-corrected chi connectivity index (χ4v) is 5.34. The van der Waals surface area contributed by atoms with E-state index in [1.165, 1.54) is 23.5 Å². The van der Waals surface area contributed by atoms with E-state index in [-0.39, 0.29) is 25.1 Å². The first-order valence-corrected chi connectivity index (χ1v) is 12.4. The highest BCUT2D eigenvalue weighted by atomic mass is 32.1. The summed E-state index contributed by atoms with van der Waals surface area (Å²) in [4.78, 5) is 40.2. The maximum absolute atomic E-state index is 13.3.